The highest BCUT2D eigenvalue weighted by Crippen LogP contribution is 2.39. The number of rotatable bonds is 4. The Labute approximate surface area is 192 Å². The summed E-state index contributed by atoms with van der Waals surface area (Å²) in [6.07, 6.45) is -5.18. The minimum Gasteiger partial charge on any atom is -0.297 e. The summed E-state index contributed by atoms with van der Waals surface area (Å²) in [6.45, 7) is 10.1. The van der Waals surface area contributed by atoms with E-state index in [1.54, 1.807) is 6.92 Å². The molecule has 1 N–H and O–H groups in total. The van der Waals surface area contributed by atoms with Gasteiger partial charge in [-0.1, -0.05) is 13.0 Å². The number of thioether (sulfide) groups is 1. The van der Waals surface area contributed by atoms with Gasteiger partial charge < -0.3 is 0 Å². The first-order valence-corrected chi connectivity index (χ1v) is 10.5. The van der Waals surface area contributed by atoms with Gasteiger partial charge in [-0.05, 0) is 24.8 Å². The highest BCUT2D eigenvalue weighted by Gasteiger charge is 2.41. The van der Waals surface area contributed by atoms with Gasteiger partial charge in [0, 0.05) is 6.42 Å². The molecule has 0 fully saturated rings. The van der Waals surface area contributed by atoms with Crippen molar-refractivity contribution in [2.24, 2.45) is 10.1 Å². The number of nitrogens with zero attached hydrogens (tertiary/aromatic N) is 3. The van der Waals surface area contributed by atoms with Gasteiger partial charge in [-0.3, -0.25) is 5.43 Å². The molecule has 180 valence electrons. The normalized spacial score (nSPS) is 18.5. The maximum Gasteiger partial charge on any atom is 0.407 e. The van der Waals surface area contributed by atoms with Crippen LogP contribution in [0.5, 0.6) is 0 Å². The Bertz CT molecular complexity index is 1220. The fourth-order valence-corrected chi connectivity index (χ4v) is 4.10. The van der Waals surface area contributed by atoms with Gasteiger partial charge in [-0.25, -0.2) is 31.8 Å². The highest BCUT2D eigenvalue weighted by atomic mass is 32.2. The molecule has 0 saturated carbocycles. The second kappa shape index (κ2) is 9.25. The minimum absolute atomic E-state index is 0.150. The van der Waals surface area contributed by atoms with Gasteiger partial charge >= 0.3 is 6.18 Å². The molecule has 1 unspecified atom stereocenters. The molecule has 0 amide bonds. The van der Waals surface area contributed by atoms with Gasteiger partial charge in [0.2, 0.25) is 5.82 Å². The molecule has 1 atom stereocenters. The molecule has 2 aromatic rings. The number of nitrogens with one attached hydrogen (secondary N) is 1. The SMILES string of the molecule is [C-]#[N+]c1ccc(N=C(SCC)C2(C)CC(c3c(F)c(F)c(F)c(F)c3F)=NN2)cc1C(F)(F)F. The second-order valence-corrected chi connectivity index (χ2v) is 8.54. The van der Waals surface area contributed by atoms with Crippen LogP contribution in [0, 0.1) is 35.7 Å². The van der Waals surface area contributed by atoms with Crippen molar-refractivity contribution >= 4 is 33.9 Å². The van der Waals surface area contributed by atoms with Crippen molar-refractivity contribution in [3.63, 3.8) is 0 Å². The summed E-state index contributed by atoms with van der Waals surface area (Å²) in [5, 5.41) is 3.89. The van der Waals surface area contributed by atoms with E-state index < -0.39 is 63.3 Å². The van der Waals surface area contributed by atoms with Crippen molar-refractivity contribution in [3.8, 4) is 0 Å². The van der Waals surface area contributed by atoms with Crippen molar-refractivity contribution in [2.75, 3.05) is 5.75 Å². The number of alkyl halides is 3. The monoisotopic (exact) mass is 506 g/mol. The van der Waals surface area contributed by atoms with Crippen LogP contribution in [0.25, 0.3) is 4.85 Å². The topological polar surface area (TPSA) is 41.1 Å². The summed E-state index contributed by atoms with van der Waals surface area (Å²) in [5.41, 5.74) is -2.39. The predicted molar refractivity (Wildman–Crippen MR) is 112 cm³/mol. The van der Waals surface area contributed by atoms with Crippen molar-refractivity contribution in [3.05, 3.63) is 69.8 Å². The zero-order valence-corrected chi connectivity index (χ0v) is 18.2. The molecule has 2 aromatic carbocycles. The lowest BCUT2D eigenvalue weighted by Crippen LogP contribution is -2.43. The Morgan fingerprint density at radius 2 is 1.71 bits per heavy atom. The van der Waals surface area contributed by atoms with Gasteiger partial charge in [0.1, 0.15) is 10.6 Å². The zero-order chi connectivity index (χ0) is 25.4. The van der Waals surface area contributed by atoms with Crippen LogP contribution in [-0.2, 0) is 6.18 Å². The van der Waals surface area contributed by atoms with Gasteiger partial charge in [0.05, 0.1) is 29.1 Å². The van der Waals surface area contributed by atoms with Crippen molar-refractivity contribution in [2.45, 2.75) is 32.0 Å². The summed E-state index contributed by atoms with van der Waals surface area (Å²) < 4.78 is 109. The summed E-state index contributed by atoms with van der Waals surface area (Å²) in [7, 11) is 0. The molecule has 34 heavy (non-hydrogen) atoms. The lowest BCUT2D eigenvalue weighted by atomic mass is 9.94. The quantitative estimate of drug-likeness (QED) is 0.123. The Morgan fingerprint density at radius 1 is 1.12 bits per heavy atom. The average molecular weight is 506 g/mol. The number of hydrogen-bond donors (Lipinski definition) is 1. The van der Waals surface area contributed by atoms with E-state index in [2.05, 4.69) is 20.4 Å². The number of benzene rings is 2. The molecule has 0 bridgehead atoms. The number of hydrazone groups is 1. The van der Waals surface area contributed by atoms with E-state index >= 15 is 0 Å². The van der Waals surface area contributed by atoms with E-state index in [9.17, 15) is 35.1 Å². The first kappa shape index (κ1) is 25.5. The van der Waals surface area contributed by atoms with Crippen LogP contribution in [0.15, 0.2) is 28.3 Å². The molecule has 1 heterocycles. The molecule has 1 aliphatic heterocycles. The van der Waals surface area contributed by atoms with Crippen molar-refractivity contribution in [1.29, 1.82) is 0 Å². The lowest BCUT2D eigenvalue weighted by Gasteiger charge is -2.25. The van der Waals surface area contributed by atoms with Crippen LogP contribution >= 0.6 is 11.8 Å². The first-order chi connectivity index (χ1) is 15.8. The van der Waals surface area contributed by atoms with Crippen LogP contribution in [0.1, 0.15) is 31.4 Å². The number of halogens is 8. The molecule has 0 radical (unpaired) electrons. The van der Waals surface area contributed by atoms with Crippen molar-refractivity contribution in [1.82, 2.24) is 5.43 Å². The fourth-order valence-electron chi connectivity index (χ4n) is 3.22. The number of hydrogen-bond acceptors (Lipinski definition) is 4. The highest BCUT2D eigenvalue weighted by molar-refractivity contribution is 8.14. The maximum absolute atomic E-state index is 14.2. The summed E-state index contributed by atoms with van der Waals surface area (Å²) >= 11 is 1.08. The molecular weight excluding hydrogens is 492 g/mol. The van der Waals surface area contributed by atoms with Crippen LogP contribution in [0.3, 0.4) is 0 Å². The summed E-state index contributed by atoms with van der Waals surface area (Å²) in [6, 6.07) is 2.85. The molecule has 1 aliphatic rings. The molecule has 0 aromatic heterocycles. The van der Waals surface area contributed by atoms with E-state index in [0.717, 1.165) is 17.8 Å². The Hall–Kier alpha value is -3.14. The lowest BCUT2D eigenvalue weighted by molar-refractivity contribution is -0.136. The van der Waals surface area contributed by atoms with Gasteiger partial charge in [0.15, 0.2) is 29.0 Å². The predicted octanol–water partition coefficient (Wildman–Crippen LogP) is 6.89. The second-order valence-electron chi connectivity index (χ2n) is 7.29. The Kier molecular flexibility index (Phi) is 6.93. The summed E-state index contributed by atoms with van der Waals surface area (Å²) in [4.78, 5) is 7.07. The van der Waals surface area contributed by atoms with E-state index in [0.29, 0.717) is 11.8 Å². The standard InChI is InChI=1S/C21H14F8N4S/c1-4-34-19(31-9-5-6-11(30-3)10(7-9)21(27,28)29)20(2)8-12(32-33-20)13-14(22)16(24)18(26)17(25)15(13)23/h5-7,33H,4,8H2,1-2H3. The van der Waals surface area contributed by atoms with Gasteiger partial charge in [-0.15, -0.1) is 11.8 Å². The number of aliphatic imine (C=N–C) groups is 1. The molecule has 0 saturated heterocycles. The van der Waals surface area contributed by atoms with Gasteiger partial charge in [0.25, 0.3) is 0 Å². The molecule has 0 spiro atoms. The van der Waals surface area contributed by atoms with E-state index in [1.165, 1.54) is 13.0 Å². The third kappa shape index (κ3) is 4.59. The minimum atomic E-state index is -4.80. The van der Waals surface area contributed by atoms with Gasteiger partial charge in [-0.2, -0.15) is 18.3 Å². The smallest absolute Gasteiger partial charge is 0.297 e. The molecule has 4 nitrogen and oxygen atoms in total. The van der Waals surface area contributed by atoms with Crippen LogP contribution in [0.2, 0.25) is 0 Å². The zero-order valence-electron chi connectivity index (χ0n) is 17.4. The largest absolute Gasteiger partial charge is 0.407 e. The molecule has 13 heteroatoms. The molecule has 0 aliphatic carbocycles. The first-order valence-electron chi connectivity index (χ1n) is 9.50. The van der Waals surface area contributed by atoms with Crippen LogP contribution < -0.4 is 5.43 Å². The van der Waals surface area contributed by atoms with E-state index in [4.69, 9.17) is 6.57 Å². The third-order valence-corrected chi connectivity index (χ3v) is 5.95. The van der Waals surface area contributed by atoms with Crippen LogP contribution in [0.4, 0.5) is 46.5 Å². The van der Waals surface area contributed by atoms with Crippen LogP contribution in [-0.4, -0.2) is 22.0 Å². The maximum atomic E-state index is 14.2. The van der Waals surface area contributed by atoms with E-state index in [-0.39, 0.29) is 17.2 Å². The van der Waals surface area contributed by atoms with Crippen molar-refractivity contribution < 1.29 is 35.1 Å². The fraction of sp³-hybridized carbons (Fsp3) is 0.286. The average Bonchev–Trinajstić information content (AvgIpc) is 3.18. The Balaban J connectivity index is 2.03. The summed E-state index contributed by atoms with van der Waals surface area (Å²) in [5.74, 6) is -10.3. The molecule has 3 rings (SSSR count). The Morgan fingerprint density at radius 3 is 2.24 bits per heavy atom. The third-order valence-electron chi connectivity index (χ3n) is 4.85. The molecular formula is C21H14F8N4S. The van der Waals surface area contributed by atoms with E-state index in [1.807, 2.05) is 0 Å².